The molecule has 1 aliphatic heterocycles. The number of nitrogens with zero attached hydrogens (tertiary/aromatic N) is 1. The van der Waals surface area contributed by atoms with E-state index in [-0.39, 0.29) is 0 Å². The molecule has 0 saturated carbocycles. The summed E-state index contributed by atoms with van der Waals surface area (Å²) in [6.07, 6.45) is 2.01. The molecule has 5 nitrogen and oxygen atoms in total. The van der Waals surface area contributed by atoms with Gasteiger partial charge in [-0.25, -0.2) is 4.98 Å². The lowest BCUT2D eigenvalue weighted by atomic mass is 10.1. The van der Waals surface area contributed by atoms with Gasteiger partial charge in [-0.2, -0.15) is 0 Å². The molecule has 1 fully saturated rings. The van der Waals surface area contributed by atoms with Crippen LogP contribution in [0.2, 0.25) is 0 Å². The van der Waals surface area contributed by atoms with Gasteiger partial charge in [-0.05, 0) is 25.0 Å². The molecule has 1 aliphatic rings. The lowest BCUT2D eigenvalue weighted by Gasteiger charge is -2.23. The van der Waals surface area contributed by atoms with Crippen molar-refractivity contribution in [2.75, 3.05) is 30.0 Å². The standard InChI is InChI=1S/C10H16N4O/c11-8-1-2-9(14-10(8)12)13-7-3-5-15-6-4-7/h1-2,7H,3-6,11H2,(H3,12,13,14). The van der Waals surface area contributed by atoms with Crippen molar-refractivity contribution in [2.24, 2.45) is 0 Å². The van der Waals surface area contributed by atoms with Crippen LogP contribution in [0.4, 0.5) is 17.3 Å². The van der Waals surface area contributed by atoms with Gasteiger partial charge in [0.2, 0.25) is 0 Å². The van der Waals surface area contributed by atoms with Gasteiger partial charge in [0, 0.05) is 19.3 Å². The number of nitrogens with two attached hydrogens (primary N) is 2. The highest BCUT2D eigenvalue weighted by Gasteiger charge is 2.13. The minimum absolute atomic E-state index is 0.382. The van der Waals surface area contributed by atoms with Crippen LogP contribution >= 0.6 is 0 Å². The number of rotatable bonds is 2. The minimum atomic E-state index is 0.382. The summed E-state index contributed by atoms with van der Waals surface area (Å²) in [4.78, 5) is 4.17. The van der Waals surface area contributed by atoms with Gasteiger partial charge in [-0.3, -0.25) is 0 Å². The second kappa shape index (κ2) is 4.35. The van der Waals surface area contributed by atoms with E-state index in [2.05, 4.69) is 10.3 Å². The van der Waals surface area contributed by atoms with E-state index in [1.807, 2.05) is 6.07 Å². The van der Waals surface area contributed by atoms with Gasteiger partial charge >= 0.3 is 0 Å². The van der Waals surface area contributed by atoms with Crippen LogP contribution in [0, 0.1) is 0 Å². The Balaban J connectivity index is 2.00. The molecule has 1 saturated heterocycles. The molecule has 0 amide bonds. The third-order valence-corrected chi connectivity index (χ3v) is 2.53. The van der Waals surface area contributed by atoms with Crippen LogP contribution in [0.15, 0.2) is 12.1 Å². The predicted molar refractivity (Wildman–Crippen MR) is 60.5 cm³/mol. The topological polar surface area (TPSA) is 86.2 Å². The highest BCUT2D eigenvalue weighted by atomic mass is 16.5. The van der Waals surface area contributed by atoms with Gasteiger partial charge < -0.3 is 21.5 Å². The Kier molecular flexibility index (Phi) is 2.91. The number of anilines is 3. The second-order valence-electron chi connectivity index (χ2n) is 3.70. The van der Waals surface area contributed by atoms with Crippen molar-refractivity contribution in [3.05, 3.63) is 12.1 Å². The van der Waals surface area contributed by atoms with Crippen molar-refractivity contribution >= 4 is 17.3 Å². The molecule has 82 valence electrons. The van der Waals surface area contributed by atoms with Crippen molar-refractivity contribution in [3.63, 3.8) is 0 Å². The Labute approximate surface area is 88.8 Å². The van der Waals surface area contributed by atoms with E-state index in [1.165, 1.54) is 0 Å². The molecular formula is C10H16N4O. The Bertz CT molecular complexity index is 336. The molecule has 0 unspecified atom stereocenters. The Morgan fingerprint density at radius 3 is 2.67 bits per heavy atom. The molecule has 0 aliphatic carbocycles. The van der Waals surface area contributed by atoms with Gasteiger partial charge in [0.15, 0.2) is 0 Å². The van der Waals surface area contributed by atoms with Crippen LogP contribution in [0.1, 0.15) is 12.8 Å². The quantitative estimate of drug-likeness (QED) is 0.670. The highest BCUT2D eigenvalue weighted by Crippen LogP contribution is 2.17. The highest BCUT2D eigenvalue weighted by molar-refractivity contribution is 5.61. The summed E-state index contributed by atoms with van der Waals surface area (Å²) >= 11 is 0. The molecule has 2 heterocycles. The predicted octanol–water partition coefficient (Wildman–Crippen LogP) is 0.837. The lowest BCUT2D eigenvalue weighted by Crippen LogP contribution is -2.28. The summed E-state index contributed by atoms with van der Waals surface area (Å²) in [5.41, 5.74) is 11.7. The normalized spacial score (nSPS) is 17.6. The molecule has 0 spiro atoms. The Hall–Kier alpha value is -1.49. The summed E-state index contributed by atoms with van der Waals surface area (Å²) in [6, 6.07) is 4.04. The number of nitrogens with one attached hydrogen (secondary N) is 1. The summed E-state index contributed by atoms with van der Waals surface area (Å²) in [5, 5.41) is 3.32. The van der Waals surface area contributed by atoms with Crippen molar-refractivity contribution < 1.29 is 4.74 Å². The summed E-state index contributed by atoms with van der Waals surface area (Å²) in [5.74, 6) is 1.17. The van der Waals surface area contributed by atoms with E-state index in [4.69, 9.17) is 16.2 Å². The molecular weight excluding hydrogens is 192 g/mol. The SMILES string of the molecule is Nc1ccc(NC2CCOCC2)nc1N. The number of ether oxygens (including phenoxy) is 1. The summed E-state index contributed by atoms with van der Waals surface area (Å²) in [7, 11) is 0. The third kappa shape index (κ3) is 2.50. The zero-order chi connectivity index (χ0) is 10.7. The van der Waals surface area contributed by atoms with Crippen molar-refractivity contribution in [1.29, 1.82) is 0 Å². The molecule has 5 heteroatoms. The Morgan fingerprint density at radius 1 is 1.27 bits per heavy atom. The molecule has 5 N–H and O–H groups in total. The zero-order valence-corrected chi connectivity index (χ0v) is 8.57. The molecule has 1 aromatic heterocycles. The van der Waals surface area contributed by atoms with Crippen LogP contribution in [-0.4, -0.2) is 24.2 Å². The zero-order valence-electron chi connectivity index (χ0n) is 8.57. The first kappa shape index (κ1) is 10.0. The largest absolute Gasteiger partial charge is 0.396 e. The smallest absolute Gasteiger partial charge is 0.149 e. The number of aromatic nitrogens is 1. The first-order valence-corrected chi connectivity index (χ1v) is 5.12. The molecule has 0 radical (unpaired) electrons. The average Bonchev–Trinajstić information content (AvgIpc) is 2.25. The maximum Gasteiger partial charge on any atom is 0.149 e. The summed E-state index contributed by atoms with van der Waals surface area (Å²) in [6.45, 7) is 1.62. The molecule has 1 aromatic rings. The minimum Gasteiger partial charge on any atom is -0.396 e. The van der Waals surface area contributed by atoms with Crippen LogP contribution in [0.3, 0.4) is 0 Å². The first-order chi connectivity index (χ1) is 7.25. The molecule has 15 heavy (non-hydrogen) atoms. The van der Waals surface area contributed by atoms with Gasteiger partial charge in [0.1, 0.15) is 11.6 Å². The van der Waals surface area contributed by atoms with Gasteiger partial charge in [-0.15, -0.1) is 0 Å². The van der Waals surface area contributed by atoms with E-state index < -0.39 is 0 Å². The van der Waals surface area contributed by atoms with Crippen molar-refractivity contribution in [2.45, 2.75) is 18.9 Å². The monoisotopic (exact) mass is 208 g/mol. The van der Waals surface area contributed by atoms with Gasteiger partial charge in [-0.1, -0.05) is 0 Å². The van der Waals surface area contributed by atoms with E-state index >= 15 is 0 Å². The second-order valence-corrected chi connectivity index (χ2v) is 3.70. The third-order valence-electron chi connectivity index (χ3n) is 2.53. The Morgan fingerprint density at radius 2 is 2.00 bits per heavy atom. The maximum absolute atomic E-state index is 5.62. The van der Waals surface area contributed by atoms with Crippen LogP contribution in [-0.2, 0) is 4.74 Å². The molecule has 0 aromatic carbocycles. The molecule has 2 rings (SSSR count). The number of pyridine rings is 1. The number of hydrogen-bond donors (Lipinski definition) is 3. The fourth-order valence-corrected chi connectivity index (χ4v) is 1.62. The van der Waals surface area contributed by atoms with Crippen molar-refractivity contribution in [1.82, 2.24) is 4.98 Å². The number of nitrogen functional groups attached to an aromatic ring is 2. The fourth-order valence-electron chi connectivity index (χ4n) is 1.62. The number of hydrogen-bond acceptors (Lipinski definition) is 5. The summed E-state index contributed by atoms with van der Waals surface area (Å²) < 4.78 is 5.28. The van der Waals surface area contributed by atoms with E-state index in [0.29, 0.717) is 17.5 Å². The van der Waals surface area contributed by atoms with Crippen LogP contribution in [0.25, 0.3) is 0 Å². The van der Waals surface area contributed by atoms with Crippen LogP contribution in [0.5, 0.6) is 0 Å². The van der Waals surface area contributed by atoms with Gasteiger partial charge in [0.05, 0.1) is 5.69 Å². The van der Waals surface area contributed by atoms with E-state index in [1.54, 1.807) is 6.07 Å². The maximum atomic E-state index is 5.62. The first-order valence-electron chi connectivity index (χ1n) is 5.12. The molecule has 0 atom stereocenters. The van der Waals surface area contributed by atoms with E-state index in [9.17, 15) is 0 Å². The van der Waals surface area contributed by atoms with Crippen molar-refractivity contribution in [3.8, 4) is 0 Å². The van der Waals surface area contributed by atoms with Crippen LogP contribution < -0.4 is 16.8 Å². The lowest BCUT2D eigenvalue weighted by molar-refractivity contribution is 0.0904. The molecule has 0 bridgehead atoms. The fraction of sp³-hybridized carbons (Fsp3) is 0.500. The van der Waals surface area contributed by atoms with Gasteiger partial charge in [0.25, 0.3) is 0 Å². The van der Waals surface area contributed by atoms with E-state index in [0.717, 1.165) is 31.9 Å². The average molecular weight is 208 g/mol.